The van der Waals surface area contributed by atoms with Gasteiger partial charge in [0.15, 0.2) is 0 Å². The van der Waals surface area contributed by atoms with Crippen molar-refractivity contribution in [3.05, 3.63) is 18.3 Å². The average molecular weight is 363 g/mol. The van der Waals surface area contributed by atoms with E-state index in [1.807, 2.05) is 0 Å². The van der Waals surface area contributed by atoms with Crippen LogP contribution < -0.4 is 10.5 Å². The zero-order chi connectivity index (χ0) is 17.5. The summed E-state index contributed by atoms with van der Waals surface area (Å²) in [4.78, 5) is 16.1. The Kier molecular flexibility index (Phi) is 4.50. The average Bonchev–Trinajstić information content (AvgIpc) is 3.10. The van der Waals surface area contributed by atoms with E-state index in [4.69, 9.17) is 5.14 Å². The first-order valence-corrected chi connectivity index (χ1v) is 8.52. The van der Waals surface area contributed by atoms with Crippen LogP contribution in [0.5, 0.6) is 0 Å². The van der Waals surface area contributed by atoms with Gasteiger partial charge in [0.05, 0.1) is 0 Å². The molecule has 0 bridgehead atoms. The lowest BCUT2D eigenvalue weighted by molar-refractivity contribution is -0.119. The second kappa shape index (κ2) is 6.18. The molecule has 1 amide bonds. The van der Waals surface area contributed by atoms with Crippen molar-refractivity contribution < 1.29 is 22.4 Å². The van der Waals surface area contributed by atoms with Gasteiger partial charge in [-0.15, -0.1) is 0 Å². The SMILES string of the molecule is NSc1cc(NC(=O)[C@H]2[C@H](C3CCC(F)(F)CC3)C2(F)F)ccn1. The summed E-state index contributed by atoms with van der Waals surface area (Å²) in [6.07, 6.45) is 0.692. The van der Waals surface area contributed by atoms with Crippen molar-refractivity contribution in [3.8, 4) is 0 Å². The third kappa shape index (κ3) is 3.37. The number of amides is 1. The number of anilines is 1. The van der Waals surface area contributed by atoms with Crippen molar-refractivity contribution in [2.45, 2.75) is 42.6 Å². The number of alkyl halides is 4. The van der Waals surface area contributed by atoms with Gasteiger partial charge in [-0.3, -0.25) is 9.93 Å². The van der Waals surface area contributed by atoms with Crippen molar-refractivity contribution in [2.24, 2.45) is 22.9 Å². The Labute approximate surface area is 140 Å². The van der Waals surface area contributed by atoms with Crippen LogP contribution >= 0.6 is 11.9 Å². The van der Waals surface area contributed by atoms with Crippen molar-refractivity contribution in [1.29, 1.82) is 0 Å². The van der Waals surface area contributed by atoms with E-state index < -0.39 is 35.5 Å². The third-order valence-corrected chi connectivity index (χ3v) is 5.25. The summed E-state index contributed by atoms with van der Waals surface area (Å²) in [5.74, 6) is -9.86. The Hall–Kier alpha value is -1.35. The number of carbonyl (C=O) groups excluding carboxylic acids is 1. The zero-order valence-corrected chi connectivity index (χ0v) is 13.5. The Morgan fingerprint density at radius 3 is 2.58 bits per heavy atom. The van der Waals surface area contributed by atoms with E-state index in [-0.39, 0.29) is 25.7 Å². The molecule has 0 radical (unpaired) electrons. The summed E-state index contributed by atoms with van der Waals surface area (Å²) in [7, 11) is 0. The first kappa shape index (κ1) is 17.5. The Morgan fingerprint density at radius 2 is 1.96 bits per heavy atom. The van der Waals surface area contributed by atoms with E-state index in [2.05, 4.69) is 10.3 Å². The molecule has 9 heteroatoms. The minimum absolute atomic E-state index is 0.0280. The van der Waals surface area contributed by atoms with Gasteiger partial charge in [-0.2, -0.15) is 0 Å². The van der Waals surface area contributed by atoms with Crippen molar-refractivity contribution >= 4 is 23.5 Å². The van der Waals surface area contributed by atoms with Crippen LogP contribution in [0.1, 0.15) is 25.7 Å². The van der Waals surface area contributed by atoms with Crippen LogP contribution in [-0.4, -0.2) is 22.7 Å². The normalized spacial score (nSPS) is 28.4. The molecule has 24 heavy (non-hydrogen) atoms. The Morgan fingerprint density at radius 1 is 1.29 bits per heavy atom. The van der Waals surface area contributed by atoms with Crippen molar-refractivity contribution in [3.63, 3.8) is 0 Å². The molecule has 2 fully saturated rings. The molecule has 0 aliphatic heterocycles. The minimum Gasteiger partial charge on any atom is -0.325 e. The highest BCUT2D eigenvalue weighted by Gasteiger charge is 2.74. The largest absolute Gasteiger partial charge is 0.325 e. The number of rotatable bonds is 4. The molecule has 3 N–H and O–H groups in total. The Balaban J connectivity index is 1.65. The molecule has 3 rings (SSSR count). The quantitative estimate of drug-likeness (QED) is 0.632. The van der Waals surface area contributed by atoms with E-state index in [0.29, 0.717) is 10.7 Å². The predicted octanol–water partition coefficient (Wildman–Crippen LogP) is 3.69. The number of hydrogen-bond acceptors (Lipinski definition) is 4. The molecule has 2 aliphatic rings. The van der Waals surface area contributed by atoms with Crippen LogP contribution in [0.3, 0.4) is 0 Å². The molecule has 4 nitrogen and oxygen atoms in total. The van der Waals surface area contributed by atoms with E-state index in [1.54, 1.807) is 0 Å². The molecule has 1 aromatic heterocycles. The standard InChI is InChI=1S/C15H17F4N3OS/c16-14(17)4-1-8(2-5-14)11-12(15(11,18)19)13(23)22-9-3-6-21-10(7-9)24-20/h3,6-8,11-12H,1-2,4-5,20H2,(H,21,22,23)/t11-,12+/m0/s1. The molecule has 132 valence electrons. The molecule has 1 aromatic rings. The summed E-state index contributed by atoms with van der Waals surface area (Å²) < 4.78 is 54.5. The fraction of sp³-hybridized carbons (Fsp3) is 0.600. The van der Waals surface area contributed by atoms with E-state index in [9.17, 15) is 22.4 Å². The van der Waals surface area contributed by atoms with Crippen LogP contribution in [0.2, 0.25) is 0 Å². The lowest BCUT2D eigenvalue weighted by Gasteiger charge is -2.28. The number of hydrogen-bond donors (Lipinski definition) is 2. The van der Waals surface area contributed by atoms with E-state index in [0.717, 1.165) is 11.9 Å². The third-order valence-electron chi connectivity index (χ3n) is 4.78. The van der Waals surface area contributed by atoms with Crippen LogP contribution in [-0.2, 0) is 4.79 Å². The minimum atomic E-state index is -3.14. The summed E-state index contributed by atoms with van der Waals surface area (Å²) in [5, 5.41) is 8.26. The number of pyridine rings is 1. The molecule has 0 unspecified atom stereocenters. The molecule has 0 aromatic carbocycles. The molecule has 0 spiro atoms. The first-order valence-electron chi connectivity index (χ1n) is 7.64. The number of carbonyl (C=O) groups is 1. The summed E-state index contributed by atoms with van der Waals surface area (Å²) in [6, 6.07) is 2.97. The second-order valence-electron chi connectivity index (χ2n) is 6.36. The molecule has 2 aliphatic carbocycles. The summed E-state index contributed by atoms with van der Waals surface area (Å²) >= 11 is 0.875. The van der Waals surface area contributed by atoms with Crippen LogP contribution in [0.15, 0.2) is 23.4 Å². The van der Waals surface area contributed by atoms with Crippen LogP contribution in [0, 0.1) is 17.8 Å². The fourth-order valence-corrected chi connectivity index (χ4v) is 3.78. The maximum Gasteiger partial charge on any atom is 0.264 e. The van der Waals surface area contributed by atoms with Crippen LogP contribution in [0.4, 0.5) is 23.2 Å². The second-order valence-corrected chi connectivity index (χ2v) is 7.02. The number of nitrogens with zero attached hydrogens (tertiary/aromatic N) is 1. The highest BCUT2D eigenvalue weighted by atomic mass is 32.2. The molecule has 2 saturated carbocycles. The maximum atomic E-state index is 14.1. The van der Waals surface area contributed by atoms with Gasteiger partial charge in [0.1, 0.15) is 10.9 Å². The first-order chi connectivity index (χ1) is 11.2. The molecular formula is C15H17F4N3OS. The molecule has 2 atom stereocenters. The lowest BCUT2D eigenvalue weighted by atomic mass is 9.83. The topological polar surface area (TPSA) is 68.0 Å². The van der Waals surface area contributed by atoms with Gasteiger partial charge in [-0.25, -0.2) is 22.5 Å². The van der Waals surface area contributed by atoms with Gasteiger partial charge in [-0.1, -0.05) is 0 Å². The lowest BCUT2D eigenvalue weighted by Crippen LogP contribution is -2.27. The van der Waals surface area contributed by atoms with Gasteiger partial charge in [0.2, 0.25) is 11.8 Å². The molecular weight excluding hydrogens is 346 g/mol. The molecule has 0 saturated heterocycles. The van der Waals surface area contributed by atoms with Crippen LogP contribution in [0.25, 0.3) is 0 Å². The maximum absolute atomic E-state index is 14.1. The summed E-state index contributed by atoms with van der Waals surface area (Å²) in [6.45, 7) is 0. The fourth-order valence-electron chi connectivity index (χ4n) is 3.47. The highest BCUT2D eigenvalue weighted by molar-refractivity contribution is 7.97. The predicted molar refractivity (Wildman–Crippen MR) is 81.7 cm³/mol. The van der Waals surface area contributed by atoms with Gasteiger partial charge in [-0.05, 0) is 42.8 Å². The molecule has 1 heterocycles. The van der Waals surface area contributed by atoms with E-state index in [1.165, 1.54) is 18.3 Å². The van der Waals surface area contributed by atoms with Gasteiger partial charge in [0.25, 0.3) is 5.92 Å². The van der Waals surface area contributed by atoms with Gasteiger partial charge in [0, 0.05) is 30.6 Å². The van der Waals surface area contributed by atoms with E-state index >= 15 is 0 Å². The monoisotopic (exact) mass is 363 g/mol. The number of halogens is 4. The highest BCUT2D eigenvalue weighted by Crippen LogP contribution is 2.62. The summed E-state index contributed by atoms with van der Waals surface area (Å²) in [5.41, 5.74) is 0.333. The van der Waals surface area contributed by atoms with Gasteiger partial charge < -0.3 is 5.32 Å². The number of aromatic nitrogens is 1. The van der Waals surface area contributed by atoms with Crippen molar-refractivity contribution in [2.75, 3.05) is 5.32 Å². The number of nitrogens with one attached hydrogen (secondary N) is 1. The zero-order valence-electron chi connectivity index (χ0n) is 12.6. The Bertz CT molecular complexity index is 633. The number of nitrogens with two attached hydrogens (primary N) is 1. The smallest absolute Gasteiger partial charge is 0.264 e. The van der Waals surface area contributed by atoms with Gasteiger partial charge >= 0.3 is 0 Å². The van der Waals surface area contributed by atoms with Crippen molar-refractivity contribution in [1.82, 2.24) is 4.98 Å².